The first-order valence-corrected chi connectivity index (χ1v) is 7.33. The van der Waals surface area contributed by atoms with Gasteiger partial charge in [0.25, 0.3) is 0 Å². The summed E-state index contributed by atoms with van der Waals surface area (Å²) in [5.41, 5.74) is 0.390. The molecule has 0 spiro atoms. The Kier molecular flexibility index (Phi) is 4.51. The van der Waals surface area contributed by atoms with E-state index in [0.717, 1.165) is 31.7 Å². The molecule has 1 aromatic carbocycles. The SMILES string of the molecule is CC(C)(C)C1CN(c2ccc(C(F)(F)F)cc2)CCCN1. The molecule has 1 fully saturated rings. The summed E-state index contributed by atoms with van der Waals surface area (Å²) in [4.78, 5) is 2.18. The third-order valence-corrected chi connectivity index (χ3v) is 4.00. The van der Waals surface area contributed by atoms with Gasteiger partial charge in [0.2, 0.25) is 0 Å². The second-order valence-corrected chi connectivity index (χ2v) is 6.72. The Morgan fingerprint density at radius 3 is 2.24 bits per heavy atom. The van der Waals surface area contributed by atoms with Crippen LogP contribution in [0.3, 0.4) is 0 Å². The molecule has 0 aromatic heterocycles. The van der Waals surface area contributed by atoms with Crippen molar-refractivity contribution in [2.24, 2.45) is 5.41 Å². The van der Waals surface area contributed by atoms with E-state index < -0.39 is 11.7 Å². The molecule has 0 saturated carbocycles. The Morgan fingerprint density at radius 2 is 1.71 bits per heavy atom. The van der Waals surface area contributed by atoms with Gasteiger partial charge in [-0.05, 0) is 42.6 Å². The molecule has 0 radical (unpaired) electrons. The van der Waals surface area contributed by atoms with Gasteiger partial charge in [-0.2, -0.15) is 13.2 Å². The molecule has 0 bridgehead atoms. The third-order valence-electron chi connectivity index (χ3n) is 4.00. The molecule has 1 aliphatic heterocycles. The van der Waals surface area contributed by atoms with Crippen molar-refractivity contribution < 1.29 is 13.2 Å². The monoisotopic (exact) mass is 300 g/mol. The number of benzene rings is 1. The molecule has 1 aliphatic rings. The van der Waals surface area contributed by atoms with Crippen molar-refractivity contribution in [3.05, 3.63) is 29.8 Å². The van der Waals surface area contributed by atoms with Crippen LogP contribution in [-0.4, -0.2) is 25.7 Å². The molecular formula is C16H23F3N2. The minimum absolute atomic E-state index is 0.120. The molecule has 2 nitrogen and oxygen atoms in total. The quantitative estimate of drug-likeness (QED) is 0.845. The molecule has 1 unspecified atom stereocenters. The molecule has 1 N–H and O–H groups in total. The molecule has 1 heterocycles. The molecule has 1 atom stereocenters. The summed E-state index contributed by atoms with van der Waals surface area (Å²) in [6, 6.07) is 5.81. The number of nitrogens with one attached hydrogen (secondary N) is 1. The van der Waals surface area contributed by atoms with E-state index in [1.807, 2.05) is 0 Å². The molecule has 118 valence electrons. The summed E-state index contributed by atoms with van der Waals surface area (Å²) in [7, 11) is 0. The second-order valence-electron chi connectivity index (χ2n) is 6.72. The fourth-order valence-electron chi connectivity index (χ4n) is 2.60. The normalized spacial score (nSPS) is 21.2. The first-order valence-electron chi connectivity index (χ1n) is 7.33. The van der Waals surface area contributed by atoms with Crippen molar-refractivity contribution in [2.75, 3.05) is 24.5 Å². The van der Waals surface area contributed by atoms with Gasteiger partial charge in [0.1, 0.15) is 0 Å². The zero-order valence-corrected chi connectivity index (χ0v) is 12.8. The van der Waals surface area contributed by atoms with Crippen LogP contribution < -0.4 is 10.2 Å². The van der Waals surface area contributed by atoms with Crippen molar-refractivity contribution in [3.8, 4) is 0 Å². The molecule has 2 rings (SSSR count). The first kappa shape index (κ1) is 16.1. The lowest BCUT2D eigenvalue weighted by molar-refractivity contribution is -0.137. The van der Waals surface area contributed by atoms with Gasteiger partial charge in [-0.3, -0.25) is 0 Å². The van der Waals surface area contributed by atoms with Gasteiger partial charge < -0.3 is 10.2 Å². The van der Waals surface area contributed by atoms with Crippen LogP contribution in [0.1, 0.15) is 32.8 Å². The highest BCUT2D eigenvalue weighted by Crippen LogP contribution is 2.31. The van der Waals surface area contributed by atoms with E-state index in [1.54, 1.807) is 12.1 Å². The van der Waals surface area contributed by atoms with Crippen LogP contribution in [0.2, 0.25) is 0 Å². The van der Waals surface area contributed by atoms with Crippen LogP contribution in [-0.2, 0) is 6.18 Å². The van der Waals surface area contributed by atoms with Gasteiger partial charge in [-0.15, -0.1) is 0 Å². The minimum Gasteiger partial charge on any atom is -0.370 e. The van der Waals surface area contributed by atoms with Crippen molar-refractivity contribution >= 4 is 5.69 Å². The first-order chi connectivity index (χ1) is 9.68. The summed E-state index contributed by atoms with van der Waals surface area (Å²) in [5.74, 6) is 0. The number of halogens is 3. The van der Waals surface area contributed by atoms with Crippen molar-refractivity contribution in [2.45, 2.75) is 39.4 Å². The maximum absolute atomic E-state index is 12.6. The van der Waals surface area contributed by atoms with Crippen LogP contribution >= 0.6 is 0 Å². The van der Waals surface area contributed by atoms with E-state index >= 15 is 0 Å². The van der Waals surface area contributed by atoms with E-state index in [9.17, 15) is 13.2 Å². The Hall–Kier alpha value is -1.23. The Bertz CT molecular complexity index is 460. The number of hydrogen-bond acceptors (Lipinski definition) is 2. The lowest BCUT2D eigenvalue weighted by atomic mass is 9.86. The van der Waals surface area contributed by atoms with E-state index in [4.69, 9.17) is 0 Å². The predicted octanol–water partition coefficient (Wildman–Crippen LogP) is 3.92. The van der Waals surface area contributed by atoms with Crippen LogP contribution in [0.25, 0.3) is 0 Å². The highest BCUT2D eigenvalue weighted by Gasteiger charge is 2.31. The predicted molar refractivity (Wildman–Crippen MR) is 79.5 cm³/mol. The van der Waals surface area contributed by atoms with Gasteiger partial charge in [0.05, 0.1) is 5.56 Å². The summed E-state index contributed by atoms with van der Waals surface area (Å²) in [6.45, 7) is 9.17. The third kappa shape index (κ3) is 4.13. The Morgan fingerprint density at radius 1 is 1.10 bits per heavy atom. The standard InChI is InChI=1S/C16H23F3N2/c1-15(2,3)14-11-21(10-4-9-20-14)13-7-5-12(6-8-13)16(17,18)19/h5-8,14,20H,4,9-11H2,1-3H3. The fraction of sp³-hybridized carbons (Fsp3) is 0.625. The molecule has 5 heteroatoms. The number of hydrogen-bond donors (Lipinski definition) is 1. The number of alkyl halides is 3. The number of nitrogens with zero attached hydrogens (tertiary/aromatic N) is 1. The van der Waals surface area contributed by atoms with E-state index in [0.29, 0.717) is 6.04 Å². The van der Waals surface area contributed by atoms with Crippen molar-refractivity contribution in [3.63, 3.8) is 0 Å². The van der Waals surface area contributed by atoms with Crippen LogP contribution in [0.15, 0.2) is 24.3 Å². The molecule has 0 amide bonds. The Labute approximate surface area is 124 Å². The lowest BCUT2D eigenvalue weighted by Crippen LogP contribution is -2.46. The smallest absolute Gasteiger partial charge is 0.370 e. The maximum atomic E-state index is 12.6. The van der Waals surface area contributed by atoms with Crippen LogP contribution in [0, 0.1) is 5.41 Å². The van der Waals surface area contributed by atoms with E-state index in [-0.39, 0.29) is 5.41 Å². The number of anilines is 1. The molecule has 0 aliphatic carbocycles. The van der Waals surface area contributed by atoms with Crippen LogP contribution in [0.4, 0.5) is 18.9 Å². The molecule has 1 aromatic rings. The summed E-state index contributed by atoms with van der Waals surface area (Å²) in [6.07, 6.45) is -3.28. The highest BCUT2D eigenvalue weighted by atomic mass is 19.4. The van der Waals surface area contributed by atoms with E-state index in [1.165, 1.54) is 12.1 Å². The topological polar surface area (TPSA) is 15.3 Å². The number of rotatable bonds is 1. The summed E-state index contributed by atoms with van der Waals surface area (Å²) in [5, 5.41) is 3.54. The lowest BCUT2D eigenvalue weighted by Gasteiger charge is -2.34. The molecule has 21 heavy (non-hydrogen) atoms. The largest absolute Gasteiger partial charge is 0.416 e. The zero-order chi connectivity index (χ0) is 15.7. The van der Waals surface area contributed by atoms with Crippen molar-refractivity contribution in [1.29, 1.82) is 0 Å². The van der Waals surface area contributed by atoms with Gasteiger partial charge in [0.15, 0.2) is 0 Å². The second kappa shape index (κ2) is 5.87. The highest BCUT2D eigenvalue weighted by molar-refractivity contribution is 5.48. The maximum Gasteiger partial charge on any atom is 0.416 e. The molecule has 1 saturated heterocycles. The average molecular weight is 300 g/mol. The van der Waals surface area contributed by atoms with Gasteiger partial charge in [-0.1, -0.05) is 20.8 Å². The summed E-state index contributed by atoms with van der Waals surface area (Å²) >= 11 is 0. The average Bonchev–Trinajstić information content (AvgIpc) is 2.63. The van der Waals surface area contributed by atoms with Crippen LogP contribution in [0.5, 0.6) is 0 Å². The van der Waals surface area contributed by atoms with Crippen molar-refractivity contribution in [1.82, 2.24) is 5.32 Å². The van der Waals surface area contributed by atoms with Gasteiger partial charge >= 0.3 is 6.18 Å². The van der Waals surface area contributed by atoms with Gasteiger partial charge in [0, 0.05) is 24.8 Å². The molecular weight excluding hydrogens is 277 g/mol. The minimum atomic E-state index is -4.27. The zero-order valence-electron chi connectivity index (χ0n) is 12.8. The Balaban J connectivity index is 2.16. The fourth-order valence-corrected chi connectivity index (χ4v) is 2.60. The summed E-state index contributed by atoms with van der Waals surface area (Å²) < 4.78 is 37.9. The van der Waals surface area contributed by atoms with E-state index in [2.05, 4.69) is 31.0 Å². The van der Waals surface area contributed by atoms with Gasteiger partial charge in [-0.25, -0.2) is 0 Å².